The molecule has 0 saturated carbocycles. The van der Waals surface area contributed by atoms with Crippen molar-refractivity contribution in [3.05, 3.63) is 33.5 Å². The van der Waals surface area contributed by atoms with Gasteiger partial charge in [-0.15, -0.1) is 0 Å². The van der Waals surface area contributed by atoms with E-state index in [1.807, 2.05) is 0 Å². The SMILES string of the molecule is O=CC1=CC=C([N+](=O)[O-])CC1. The molecule has 1 aliphatic rings. The molecule has 0 aromatic carbocycles. The molecule has 0 spiro atoms. The molecule has 4 nitrogen and oxygen atoms in total. The number of carbonyl (C=O) groups is 1. The van der Waals surface area contributed by atoms with Crippen LogP contribution in [-0.2, 0) is 4.79 Å². The first-order valence-corrected chi connectivity index (χ1v) is 3.23. The molecule has 0 aromatic heterocycles. The van der Waals surface area contributed by atoms with Crippen LogP contribution in [0.1, 0.15) is 12.8 Å². The summed E-state index contributed by atoms with van der Waals surface area (Å²) in [6.45, 7) is 0. The molecular weight excluding hydrogens is 146 g/mol. The van der Waals surface area contributed by atoms with Gasteiger partial charge in [0.05, 0.1) is 4.92 Å². The third-order valence-electron chi connectivity index (χ3n) is 1.55. The quantitative estimate of drug-likeness (QED) is 0.338. The minimum atomic E-state index is -0.419. The second kappa shape index (κ2) is 3.09. The number of nitro groups is 1. The van der Waals surface area contributed by atoms with Gasteiger partial charge in [0.25, 0.3) is 0 Å². The van der Waals surface area contributed by atoms with Crippen molar-refractivity contribution in [2.75, 3.05) is 0 Å². The van der Waals surface area contributed by atoms with E-state index in [1.165, 1.54) is 12.2 Å². The van der Waals surface area contributed by atoms with Gasteiger partial charge in [0.15, 0.2) is 0 Å². The monoisotopic (exact) mass is 153 g/mol. The van der Waals surface area contributed by atoms with Crippen molar-refractivity contribution < 1.29 is 9.72 Å². The first kappa shape index (κ1) is 7.65. The Balaban J connectivity index is 2.76. The van der Waals surface area contributed by atoms with Crippen molar-refractivity contribution in [3.8, 4) is 0 Å². The van der Waals surface area contributed by atoms with Crippen molar-refractivity contribution in [2.24, 2.45) is 0 Å². The van der Waals surface area contributed by atoms with Crippen molar-refractivity contribution in [1.29, 1.82) is 0 Å². The van der Waals surface area contributed by atoms with Gasteiger partial charge >= 0.3 is 0 Å². The lowest BCUT2D eigenvalue weighted by atomic mass is 10.0. The fraction of sp³-hybridized carbons (Fsp3) is 0.286. The second-order valence-corrected chi connectivity index (χ2v) is 2.27. The standard InChI is InChI=1S/C7H7NO3/c9-5-6-1-3-7(4-2-6)8(10)11/h1,3,5H,2,4H2. The summed E-state index contributed by atoms with van der Waals surface area (Å²) in [7, 11) is 0. The fourth-order valence-electron chi connectivity index (χ4n) is 0.893. The minimum Gasteiger partial charge on any atom is -0.298 e. The van der Waals surface area contributed by atoms with Gasteiger partial charge in [0.2, 0.25) is 5.70 Å². The molecule has 0 amide bonds. The molecule has 0 atom stereocenters. The van der Waals surface area contributed by atoms with Crippen molar-refractivity contribution in [2.45, 2.75) is 12.8 Å². The number of rotatable bonds is 2. The van der Waals surface area contributed by atoms with Crippen LogP contribution < -0.4 is 0 Å². The Hall–Kier alpha value is -1.45. The lowest BCUT2D eigenvalue weighted by molar-refractivity contribution is -0.428. The molecule has 0 radical (unpaired) electrons. The molecular formula is C7H7NO3. The van der Waals surface area contributed by atoms with Crippen LogP contribution in [0.15, 0.2) is 23.4 Å². The van der Waals surface area contributed by atoms with Crippen LogP contribution in [0.3, 0.4) is 0 Å². The highest BCUT2D eigenvalue weighted by Gasteiger charge is 2.13. The summed E-state index contributed by atoms with van der Waals surface area (Å²) in [5.41, 5.74) is 0.797. The van der Waals surface area contributed by atoms with Gasteiger partial charge < -0.3 is 0 Å². The predicted molar refractivity (Wildman–Crippen MR) is 38.5 cm³/mol. The Morgan fingerprint density at radius 1 is 1.45 bits per heavy atom. The van der Waals surface area contributed by atoms with Gasteiger partial charge in [0, 0.05) is 12.5 Å². The van der Waals surface area contributed by atoms with Gasteiger partial charge in [-0.25, -0.2) is 0 Å². The Morgan fingerprint density at radius 2 is 2.18 bits per heavy atom. The van der Waals surface area contributed by atoms with Crippen LogP contribution in [0.4, 0.5) is 0 Å². The van der Waals surface area contributed by atoms with Gasteiger partial charge in [-0.2, -0.15) is 0 Å². The van der Waals surface area contributed by atoms with Crippen LogP contribution in [0.2, 0.25) is 0 Å². The average molecular weight is 153 g/mol. The minimum absolute atomic E-state index is 0.176. The largest absolute Gasteiger partial charge is 0.298 e. The summed E-state index contributed by atoms with van der Waals surface area (Å²) in [6.07, 6.45) is 4.45. The average Bonchev–Trinajstić information content (AvgIpc) is 2.05. The molecule has 0 aliphatic heterocycles. The summed E-state index contributed by atoms with van der Waals surface area (Å²) in [5.74, 6) is 0. The molecule has 0 heterocycles. The number of aldehydes is 1. The first-order chi connectivity index (χ1) is 5.24. The first-order valence-electron chi connectivity index (χ1n) is 3.23. The summed E-state index contributed by atoms with van der Waals surface area (Å²) in [4.78, 5) is 19.9. The van der Waals surface area contributed by atoms with Crippen LogP contribution in [0.25, 0.3) is 0 Å². The topological polar surface area (TPSA) is 60.2 Å². The predicted octanol–water partition coefficient (Wildman–Crippen LogP) is 1.07. The zero-order chi connectivity index (χ0) is 8.27. The molecule has 11 heavy (non-hydrogen) atoms. The third-order valence-corrected chi connectivity index (χ3v) is 1.55. The highest BCUT2D eigenvalue weighted by molar-refractivity contribution is 5.74. The van der Waals surface area contributed by atoms with Crippen LogP contribution >= 0.6 is 0 Å². The number of carbonyl (C=O) groups excluding carboxylic acids is 1. The summed E-state index contributed by atoms with van der Waals surface area (Å²) in [6, 6.07) is 0. The maximum Gasteiger partial charge on any atom is 0.246 e. The number of hydrogen-bond donors (Lipinski definition) is 0. The van der Waals surface area contributed by atoms with Gasteiger partial charge in [-0.05, 0) is 18.1 Å². The van der Waals surface area contributed by atoms with E-state index in [9.17, 15) is 14.9 Å². The Bertz CT molecular complexity index is 252. The van der Waals surface area contributed by atoms with E-state index in [4.69, 9.17) is 0 Å². The maximum atomic E-state index is 10.2. The van der Waals surface area contributed by atoms with Crippen LogP contribution in [0.5, 0.6) is 0 Å². The Kier molecular flexibility index (Phi) is 2.15. The lowest BCUT2D eigenvalue weighted by Gasteiger charge is -2.02. The van der Waals surface area contributed by atoms with E-state index in [0.29, 0.717) is 18.4 Å². The maximum absolute atomic E-state index is 10.2. The van der Waals surface area contributed by atoms with Gasteiger partial charge in [0.1, 0.15) is 6.29 Å². The molecule has 0 bridgehead atoms. The lowest BCUT2D eigenvalue weighted by Crippen LogP contribution is -2.02. The smallest absolute Gasteiger partial charge is 0.246 e. The molecule has 0 aromatic rings. The van der Waals surface area contributed by atoms with E-state index >= 15 is 0 Å². The molecule has 0 fully saturated rings. The summed E-state index contributed by atoms with van der Waals surface area (Å²) in [5, 5.41) is 10.2. The number of nitrogens with zero attached hydrogens (tertiary/aromatic N) is 1. The van der Waals surface area contributed by atoms with Crippen molar-refractivity contribution in [3.63, 3.8) is 0 Å². The molecule has 58 valence electrons. The Labute approximate surface area is 63.4 Å². The summed E-state index contributed by atoms with van der Waals surface area (Å²) < 4.78 is 0. The van der Waals surface area contributed by atoms with Crippen LogP contribution in [-0.4, -0.2) is 11.2 Å². The molecule has 1 rings (SSSR count). The molecule has 0 N–H and O–H groups in total. The van der Waals surface area contributed by atoms with Gasteiger partial charge in [-0.3, -0.25) is 14.9 Å². The highest BCUT2D eigenvalue weighted by Crippen LogP contribution is 2.16. The molecule has 0 saturated heterocycles. The Morgan fingerprint density at radius 3 is 2.55 bits per heavy atom. The van der Waals surface area contributed by atoms with E-state index < -0.39 is 4.92 Å². The highest BCUT2D eigenvalue weighted by atomic mass is 16.6. The second-order valence-electron chi connectivity index (χ2n) is 2.27. The van der Waals surface area contributed by atoms with Gasteiger partial charge in [-0.1, -0.05) is 0 Å². The van der Waals surface area contributed by atoms with Crippen molar-refractivity contribution in [1.82, 2.24) is 0 Å². The summed E-state index contributed by atoms with van der Waals surface area (Å²) >= 11 is 0. The number of allylic oxidation sites excluding steroid dienone is 4. The van der Waals surface area contributed by atoms with E-state index in [0.717, 1.165) is 6.29 Å². The van der Waals surface area contributed by atoms with E-state index in [-0.39, 0.29) is 5.70 Å². The van der Waals surface area contributed by atoms with E-state index in [2.05, 4.69) is 0 Å². The normalized spacial score (nSPS) is 16.7. The third kappa shape index (κ3) is 1.73. The fourth-order valence-corrected chi connectivity index (χ4v) is 0.893. The zero-order valence-electron chi connectivity index (χ0n) is 5.82. The zero-order valence-corrected chi connectivity index (χ0v) is 5.82. The molecule has 0 unspecified atom stereocenters. The molecule has 1 aliphatic carbocycles. The van der Waals surface area contributed by atoms with Crippen molar-refractivity contribution >= 4 is 6.29 Å². The van der Waals surface area contributed by atoms with Crippen LogP contribution in [0, 0.1) is 10.1 Å². The molecule has 4 heteroatoms. The van der Waals surface area contributed by atoms with E-state index in [1.54, 1.807) is 0 Å². The number of hydrogen-bond acceptors (Lipinski definition) is 3.